The number of nitrogens with zero attached hydrogens (tertiary/aromatic N) is 2. The molecule has 0 atom stereocenters. The molecule has 3 nitrogen and oxygen atoms in total. The highest BCUT2D eigenvalue weighted by Crippen LogP contribution is 2.52. The third kappa shape index (κ3) is 4.31. The van der Waals surface area contributed by atoms with E-state index in [1.807, 2.05) is 30.3 Å². The minimum absolute atomic E-state index is 0.0345. The number of anilines is 3. The number of benzene rings is 7. The van der Waals surface area contributed by atoms with Gasteiger partial charge in [0, 0.05) is 33.1 Å². The van der Waals surface area contributed by atoms with E-state index in [0.29, 0.717) is 5.89 Å². The molecule has 0 fully saturated rings. The number of hydrogen-bond donors (Lipinski definition) is 0. The summed E-state index contributed by atoms with van der Waals surface area (Å²) in [5, 5.41) is 2.14. The van der Waals surface area contributed by atoms with Crippen molar-refractivity contribution in [2.75, 3.05) is 4.90 Å². The molecule has 8 aromatic rings. The van der Waals surface area contributed by atoms with Gasteiger partial charge in [-0.05, 0) is 75.8 Å². The van der Waals surface area contributed by atoms with E-state index in [9.17, 15) is 0 Å². The monoisotopic (exact) mass is 604 g/mol. The molecule has 3 heteroatoms. The SMILES string of the molecule is CC1(C)c2ccccc2-c2c(-c3ccc(N(c4ccccc4)c4cc5nc(-c6ccccc6)oc5c5ccccc45)cc3)cccc21. The number of para-hydroxylation sites is 1. The summed E-state index contributed by atoms with van der Waals surface area (Å²) < 4.78 is 6.42. The molecule has 0 aliphatic heterocycles. The van der Waals surface area contributed by atoms with Gasteiger partial charge in [-0.25, -0.2) is 4.98 Å². The summed E-state index contributed by atoms with van der Waals surface area (Å²) in [7, 11) is 0. The van der Waals surface area contributed by atoms with Crippen molar-refractivity contribution in [2.45, 2.75) is 19.3 Å². The fourth-order valence-electron chi connectivity index (χ4n) is 7.41. The number of hydrogen-bond acceptors (Lipinski definition) is 3. The van der Waals surface area contributed by atoms with Crippen molar-refractivity contribution in [1.29, 1.82) is 0 Å². The zero-order valence-corrected chi connectivity index (χ0v) is 26.3. The van der Waals surface area contributed by atoms with E-state index in [0.717, 1.165) is 44.5 Å². The average Bonchev–Trinajstić information content (AvgIpc) is 3.67. The highest BCUT2D eigenvalue weighted by atomic mass is 16.3. The molecule has 1 aliphatic rings. The summed E-state index contributed by atoms with van der Waals surface area (Å²) in [5.41, 5.74) is 13.7. The van der Waals surface area contributed by atoms with Crippen LogP contribution in [0, 0.1) is 0 Å². The molecule has 9 rings (SSSR count). The molecule has 0 N–H and O–H groups in total. The van der Waals surface area contributed by atoms with Crippen molar-refractivity contribution in [3.8, 4) is 33.7 Å². The Balaban J connectivity index is 1.21. The van der Waals surface area contributed by atoms with Crippen LogP contribution < -0.4 is 4.90 Å². The van der Waals surface area contributed by atoms with Crippen LogP contribution in [0.2, 0.25) is 0 Å². The van der Waals surface area contributed by atoms with Crippen molar-refractivity contribution < 1.29 is 4.42 Å². The summed E-state index contributed by atoms with van der Waals surface area (Å²) >= 11 is 0. The molecule has 0 radical (unpaired) electrons. The molecule has 47 heavy (non-hydrogen) atoms. The van der Waals surface area contributed by atoms with Gasteiger partial charge in [0.2, 0.25) is 5.89 Å². The van der Waals surface area contributed by atoms with Crippen LogP contribution in [0.4, 0.5) is 17.1 Å². The molecular weight excluding hydrogens is 572 g/mol. The number of oxazole rings is 1. The maximum absolute atomic E-state index is 6.42. The first-order chi connectivity index (χ1) is 23.1. The van der Waals surface area contributed by atoms with Gasteiger partial charge in [0.15, 0.2) is 5.58 Å². The number of aromatic nitrogens is 1. The second-order valence-corrected chi connectivity index (χ2v) is 12.8. The van der Waals surface area contributed by atoms with Crippen molar-refractivity contribution >= 4 is 38.9 Å². The molecule has 1 aliphatic carbocycles. The summed E-state index contributed by atoms with van der Waals surface area (Å²) in [4.78, 5) is 7.32. The predicted octanol–water partition coefficient (Wildman–Crippen LogP) is 12.1. The van der Waals surface area contributed by atoms with Gasteiger partial charge in [-0.3, -0.25) is 0 Å². The van der Waals surface area contributed by atoms with Crippen LogP contribution >= 0.6 is 0 Å². The Bertz CT molecular complexity index is 2420. The highest BCUT2D eigenvalue weighted by Gasteiger charge is 2.36. The highest BCUT2D eigenvalue weighted by molar-refractivity contribution is 6.12. The Hall–Kier alpha value is -5.93. The lowest BCUT2D eigenvalue weighted by Gasteiger charge is -2.27. The first-order valence-electron chi connectivity index (χ1n) is 16.1. The summed E-state index contributed by atoms with van der Waals surface area (Å²) in [6.45, 7) is 4.67. The van der Waals surface area contributed by atoms with Crippen LogP contribution in [0.25, 0.3) is 55.6 Å². The van der Waals surface area contributed by atoms with Gasteiger partial charge in [-0.2, -0.15) is 0 Å². The maximum atomic E-state index is 6.42. The third-order valence-corrected chi connectivity index (χ3v) is 9.69. The smallest absolute Gasteiger partial charge is 0.227 e. The van der Waals surface area contributed by atoms with Gasteiger partial charge < -0.3 is 9.32 Å². The van der Waals surface area contributed by atoms with Crippen LogP contribution in [0.3, 0.4) is 0 Å². The zero-order chi connectivity index (χ0) is 31.5. The van der Waals surface area contributed by atoms with Gasteiger partial charge in [-0.1, -0.05) is 129 Å². The van der Waals surface area contributed by atoms with Gasteiger partial charge in [0.05, 0.1) is 5.69 Å². The number of fused-ring (bicyclic) bond motifs is 6. The lowest BCUT2D eigenvalue weighted by Crippen LogP contribution is -2.14. The van der Waals surface area contributed by atoms with E-state index in [1.54, 1.807) is 0 Å². The molecule has 0 saturated heterocycles. The van der Waals surface area contributed by atoms with E-state index >= 15 is 0 Å². The maximum Gasteiger partial charge on any atom is 0.227 e. The standard InChI is InChI=1S/C44H32N2O/c1-44(2)37-22-12-11-20-36(37)41-33(21-13-23-38(41)44)29-24-26-32(27-25-29)46(31-16-7-4-8-17-31)40-28-39-42(35-19-10-9-18-34(35)40)47-43(45-39)30-14-5-3-6-15-30/h3-28H,1-2H3. The van der Waals surface area contributed by atoms with E-state index in [2.05, 4.69) is 146 Å². The van der Waals surface area contributed by atoms with Gasteiger partial charge in [0.1, 0.15) is 5.52 Å². The first-order valence-corrected chi connectivity index (χ1v) is 16.1. The summed E-state index contributed by atoms with van der Waals surface area (Å²) in [6.07, 6.45) is 0. The number of rotatable bonds is 5. The second kappa shape index (κ2) is 10.6. The molecule has 0 unspecified atom stereocenters. The van der Waals surface area contributed by atoms with Gasteiger partial charge >= 0.3 is 0 Å². The summed E-state index contributed by atoms with van der Waals surface area (Å²) in [5.74, 6) is 0.624. The second-order valence-electron chi connectivity index (χ2n) is 12.8. The topological polar surface area (TPSA) is 29.3 Å². The van der Waals surface area contributed by atoms with Crippen LogP contribution in [-0.2, 0) is 5.41 Å². The Morgan fingerprint density at radius 2 is 1.15 bits per heavy atom. The molecule has 224 valence electrons. The molecule has 1 aromatic heterocycles. The van der Waals surface area contributed by atoms with Gasteiger partial charge in [-0.15, -0.1) is 0 Å². The predicted molar refractivity (Wildman–Crippen MR) is 195 cm³/mol. The van der Waals surface area contributed by atoms with E-state index in [4.69, 9.17) is 9.40 Å². The Kier molecular flexibility index (Phi) is 6.16. The van der Waals surface area contributed by atoms with Gasteiger partial charge in [0.25, 0.3) is 0 Å². The fourth-order valence-corrected chi connectivity index (χ4v) is 7.41. The van der Waals surface area contributed by atoms with Crippen molar-refractivity contribution in [2.24, 2.45) is 0 Å². The quantitative estimate of drug-likeness (QED) is 0.196. The molecular formula is C44H32N2O. The lowest BCUT2D eigenvalue weighted by molar-refractivity contribution is 0.623. The molecule has 0 spiro atoms. The van der Waals surface area contributed by atoms with Crippen molar-refractivity contribution in [3.63, 3.8) is 0 Å². The Morgan fingerprint density at radius 3 is 1.94 bits per heavy atom. The minimum atomic E-state index is -0.0345. The first kappa shape index (κ1) is 27.4. The summed E-state index contributed by atoms with van der Waals surface area (Å²) in [6, 6.07) is 55.9. The molecule has 1 heterocycles. The normalized spacial score (nSPS) is 13.1. The van der Waals surface area contributed by atoms with Crippen LogP contribution in [-0.4, -0.2) is 4.98 Å². The largest absolute Gasteiger partial charge is 0.435 e. The fraction of sp³-hybridized carbons (Fsp3) is 0.0682. The van der Waals surface area contributed by atoms with E-state index < -0.39 is 0 Å². The zero-order valence-electron chi connectivity index (χ0n) is 26.3. The van der Waals surface area contributed by atoms with Crippen LogP contribution in [0.15, 0.2) is 162 Å². The van der Waals surface area contributed by atoms with Crippen LogP contribution in [0.1, 0.15) is 25.0 Å². The lowest BCUT2D eigenvalue weighted by atomic mass is 9.82. The molecule has 0 bridgehead atoms. The van der Waals surface area contributed by atoms with E-state index in [1.165, 1.54) is 33.4 Å². The molecule has 0 saturated carbocycles. The Morgan fingerprint density at radius 1 is 0.532 bits per heavy atom. The van der Waals surface area contributed by atoms with Crippen molar-refractivity contribution in [3.05, 3.63) is 169 Å². The Labute approximate surface area is 274 Å². The molecule has 7 aromatic carbocycles. The minimum Gasteiger partial charge on any atom is -0.435 e. The van der Waals surface area contributed by atoms with E-state index in [-0.39, 0.29) is 5.41 Å². The molecule has 0 amide bonds. The third-order valence-electron chi connectivity index (χ3n) is 9.69. The average molecular weight is 605 g/mol. The van der Waals surface area contributed by atoms with Crippen molar-refractivity contribution in [1.82, 2.24) is 4.98 Å². The van der Waals surface area contributed by atoms with Crippen LogP contribution in [0.5, 0.6) is 0 Å².